The Kier molecular flexibility index (Phi) is 6.28. The Morgan fingerprint density at radius 3 is 2.50 bits per heavy atom. The zero-order valence-corrected chi connectivity index (χ0v) is 10.2. The van der Waals surface area contributed by atoms with Gasteiger partial charge in [-0.1, -0.05) is 0 Å². The van der Waals surface area contributed by atoms with Crippen LogP contribution >= 0.6 is 15.9 Å². The van der Waals surface area contributed by atoms with Gasteiger partial charge in [-0.05, 0) is 22.0 Å². The Hall–Kier alpha value is -1.47. The van der Waals surface area contributed by atoms with Gasteiger partial charge in [0.2, 0.25) is 0 Å². The molecule has 0 unspecified atom stereocenters. The molecule has 0 aliphatic rings. The molecule has 6 nitrogen and oxygen atoms in total. The Bertz CT molecular complexity index is 393. The molecule has 1 rings (SSSR count). The second kappa shape index (κ2) is 6.91. The fourth-order valence-corrected chi connectivity index (χ4v) is 1.30. The number of non-ortho nitro benzene ring substituents is 1. The van der Waals surface area contributed by atoms with Crippen molar-refractivity contribution in [2.75, 3.05) is 14.2 Å². The van der Waals surface area contributed by atoms with Crippen LogP contribution < -0.4 is 0 Å². The molecule has 1 aromatic carbocycles. The summed E-state index contributed by atoms with van der Waals surface area (Å²) in [4.78, 5) is 21.0. The number of methoxy groups -OCH3 is 1. The summed E-state index contributed by atoms with van der Waals surface area (Å²) in [5.74, 6) is -0.611. The number of aliphatic hydroxyl groups excluding tert-OH is 1. The van der Waals surface area contributed by atoms with E-state index in [1.165, 1.54) is 19.2 Å². The molecule has 0 radical (unpaired) electrons. The van der Waals surface area contributed by atoms with Crippen LogP contribution in [0.2, 0.25) is 0 Å². The van der Waals surface area contributed by atoms with E-state index in [0.717, 1.165) is 13.2 Å². The molecule has 0 aromatic heterocycles. The van der Waals surface area contributed by atoms with Crippen molar-refractivity contribution in [3.8, 4) is 0 Å². The molecule has 0 fully saturated rings. The summed E-state index contributed by atoms with van der Waals surface area (Å²) >= 11 is 3.10. The summed E-state index contributed by atoms with van der Waals surface area (Å²) in [5.41, 5.74) is -0.00435. The lowest BCUT2D eigenvalue weighted by atomic mass is 10.2. The minimum atomic E-state index is -0.611. The highest BCUT2D eigenvalue weighted by molar-refractivity contribution is 9.10. The van der Waals surface area contributed by atoms with Gasteiger partial charge in [-0.2, -0.15) is 0 Å². The molecule has 0 saturated carbocycles. The van der Waals surface area contributed by atoms with Crippen LogP contribution in [0.25, 0.3) is 0 Å². The molecule has 0 bridgehead atoms. The largest absolute Gasteiger partial charge is 0.465 e. The van der Waals surface area contributed by atoms with Crippen molar-refractivity contribution in [3.05, 3.63) is 38.3 Å². The summed E-state index contributed by atoms with van der Waals surface area (Å²) in [6.45, 7) is 0. The number of carbonyl (C=O) groups is 1. The third kappa shape index (κ3) is 3.59. The molecule has 16 heavy (non-hydrogen) atoms. The molecule has 1 N–H and O–H groups in total. The summed E-state index contributed by atoms with van der Waals surface area (Å²) in [5, 5.41) is 17.4. The molecule has 0 aliphatic heterocycles. The van der Waals surface area contributed by atoms with Crippen molar-refractivity contribution in [3.63, 3.8) is 0 Å². The minimum absolute atomic E-state index is 0.140. The predicted octanol–water partition coefficient (Wildman–Crippen LogP) is 1.75. The van der Waals surface area contributed by atoms with Gasteiger partial charge in [0.25, 0.3) is 5.69 Å². The van der Waals surface area contributed by atoms with Crippen LogP contribution in [0.15, 0.2) is 22.7 Å². The van der Waals surface area contributed by atoms with Crippen LogP contribution in [0.4, 0.5) is 5.69 Å². The van der Waals surface area contributed by atoms with Gasteiger partial charge in [0.15, 0.2) is 0 Å². The highest BCUT2D eigenvalue weighted by Gasteiger charge is 2.15. The zero-order chi connectivity index (χ0) is 12.7. The number of esters is 1. The van der Waals surface area contributed by atoms with E-state index in [4.69, 9.17) is 5.11 Å². The van der Waals surface area contributed by atoms with E-state index in [1.807, 2.05) is 0 Å². The van der Waals surface area contributed by atoms with Crippen LogP contribution in [0, 0.1) is 10.1 Å². The van der Waals surface area contributed by atoms with Gasteiger partial charge in [0.05, 0.1) is 17.6 Å². The Balaban J connectivity index is 0.00000106. The first kappa shape index (κ1) is 14.5. The summed E-state index contributed by atoms with van der Waals surface area (Å²) in [6.07, 6.45) is 0. The zero-order valence-electron chi connectivity index (χ0n) is 8.64. The van der Waals surface area contributed by atoms with Gasteiger partial charge < -0.3 is 9.84 Å². The van der Waals surface area contributed by atoms with Crippen molar-refractivity contribution in [2.24, 2.45) is 0 Å². The Morgan fingerprint density at radius 2 is 2.06 bits per heavy atom. The maximum absolute atomic E-state index is 11.1. The van der Waals surface area contributed by atoms with E-state index in [1.54, 1.807) is 0 Å². The minimum Gasteiger partial charge on any atom is -0.465 e. The Labute approximate surface area is 100 Å². The van der Waals surface area contributed by atoms with Crippen LogP contribution in [-0.2, 0) is 4.74 Å². The van der Waals surface area contributed by atoms with E-state index in [-0.39, 0.29) is 11.3 Å². The van der Waals surface area contributed by atoms with Crippen molar-refractivity contribution in [2.45, 2.75) is 0 Å². The van der Waals surface area contributed by atoms with Crippen LogP contribution in [0.5, 0.6) is 0 Å². The van der Waals surface area contributed by atoms with Crippen LogP contribution in [0.3, 0.4) is 0 Å². The molecule has 88 valence electrons. The van der Waals surface area contributed by atoms with Gasteiger partial charge in [-0.15, -0.1) is 0 Å². The highest BCUT2D eigenvalue weighted by Crippen LogP contribution is 2.22. The average molecular weight is 292 g/mol. The molecule has 0 atom stereocenters. The third-order valence-electron chi connectivity index (χ3n) is 1.57. The monoisotopic (exact) mass is 291 g/mol. The second-order valence-electron chi connectivity index (χ2n) is 2.41. The number of nitro groups is 1. The fraction of sp³-hybridized carbons (Fsp3) is 0.222. The lowest BCUT2D eigenvalue weighted by Gasteiger charge is -2.01. The van der Waals surface area contributed by atoms with Crippen molar-refractivity contribution < 1.29 is 19.6 Å². The smallest absolute Gasteiger partial charge is 0.339 e. The summed E-state index contributed by atoms with van der Waals surface area (Å²) in [7, 11) is 2.22. The van der Waals surface area contributed by atoms with E-state index in [0.29, 0.717) is 4.47 Å². The molecule has 0 amide bonds. The first-order valence-corrected chi connectivity index (χ1v) is 4.82. The summed E-state index contributed by atoms with van der Waals surface area (Å²) in [6, 6.07) is 3.90. The fourth-order valence-electron chi connectivity index (χ4n) is 0.893. The first-order chi connectivity index (χ1) is 7.56. The molecule has 0 spiro atoms. The second-order valence-corrected chi connectivity index (χ2v) is 3.27. The SMILES string of the molecule is CO.COC(=O)c1cc([N+](=O)[O-])ccc1Br. The predicted molar refractivity (Wildman–Crippen MR) is 60.3 cm³/mol. The lowest BCUT2D eigenvalue weighted by molar-refractivity contribution is -0.384. The van der Waals surface area contributed by atoms with Gasteiger partial charge in [-0.25, -0.2) is 4.79 Å². The molecular formula is C9H10BrNO5. The summed E-state index contributed by atoms with van der Waals surface area (Å²) < 4.78 is 4.93. The number of hydrogen-bond acceptors (Lipinski definition) is 5. The standard InChI is InChI=1S/C8H6BrNO4.CH4O/c1-14-8(11)6-4-5(10(12)13)2-3-7(6)9;1-2/h2-4H,1H3;2H,1H3. The number of hydrogen-bond donors (Lipinski definition) is 1. The normalized spacial score (nSPS) is 8.75. The molecule has 7 heteroatoms. The number of nitro benzene ring substituents is 1. The van der Waals surface area contributed by atoms with Gasteiger partial charge in [0, 0.05) is 23.7 Å². The number of halogens is 1. The van der Waals surface area contributed by atoms with Crippen molar-refractivity contribution in [1.82, 2.24) is 0 Å². The highest BCUT2D eigenvalue weighted by atomic mass is 79.9. The number of benzene rings is 1. The maximum atomic E-state index is 11.1. The number of carbonyl (C=O) groups excluding carboxylic acids is 1. The first-order valence-electron chi connectivity index (χ1n) is 4.03. The van der Waals surface area contributed by atoms with E-state index in [9.17, 15) is 14.9 Å². The number of aliphatic hydroxyl groups is 1. The van der Waals surface area contributed by atoms with Crippen molar-refractivity contribution in [1.29, 1.82) is 0 Å². The van der Waals surface area contributed by atoms with E-state index >= 15 is 0 Å². The van der Waals surface area contributed by atoms with Crippen LogP contribution in [0.1, 0.15) is 10.4 Å². The molecule has 1 aromatic rings. The maximum Gasteiger partial charge on any atom is 0.339 e. The molecule has 0 aliphatic carbocycles. The Morgan fingerprint density at radius 1 is 1.50 bits per heavy atom. The lowest BCUT2D eigenvalue weighted by Crippen LogP contribution is -2.03. The number of ether oxygens (including phenoxy) is 1. The van der Waals surface area contributed by atoms with E-state index in [2.05, 4.69) is 20.7 Å². The quantitative estimate of drug-likeness (QED) is 0.509. The van der Waals surface area contributed by atoms with Crippen molar-refractivity contribution >= 4 is 27.6 Å². The van der Waals surface area contributed by atoms with Gasteiger partial charge in [-0.3, -0.25) is 10.1 Å². The third-order valence-corrected chi connectivity index (χ3v) is 2.26. The van der Waals surface area contributed by atoms with Crippen LogP contribution in [-0.4, -0.2) is 30.2 Å². The molecule has 0 saturated heterocycles. The average Bonchev–Trinajstić information content (AvgIpc) is 2.31. The van der Waals surface area contributed by atoms with E-state index < -0.39 is 10.9 Å². The number of nitrogens with zero attached hydrogens (tertiary/aromatic N) is 1. The molecule has 0 heterocycles. The van der Waals surface area contributed by atoms with Gasteiger partial charge in [0.1, 0.15) is 0 Å². The number of rotatable bonds is 2. The van der Waals surface area contributed by atoms with Gasteiger partial charge >= 0.3 is 5.97 Å². The topological polar surface area (TPSA) is 89.7 Å². The molecular weight excluding hydrogens is 282 g/mol.